The first-order valence-corrected chi connectivity index (χ1v) is 8.58. The Morgan fingerprint density at radius 3 is 2.52 bits per heavy atom. The van der Waals surface area contributed by atoms with E-state index in [0.29, 0.717) is 10.5 Å². The third kappa shape index (κ3) is 5.42. The van der Waals surface area contributed by atoms with Crippen molar-refractivity contribution in [3.8, 4) is 0 Å². The van der Waals surface area contributed by atoms with Crippen molar-refractivity contribution in [3.05, 3.63) is 89.3 Å². The second kappa shape index (κ2) is 9.18. The van der Waals surface area contributed by atoms with Crippen LogP contribution in [0.5, 0.6) is 0 Å². The van der Waals surface area contributed by atoms with Crippen LogP contribution >= 0.6 is 0 Å². The van der Waals surface area contributed by atoms with Crippen LogP contribution in [0.3, 0.4) is 0 Å². The number of amides is 2. The van der Waals surface area contributed by atoms with E-state index in [0.717, 1.165) is 12.4 Å². The Bertz CT molecular complexity index is 999. The lowest BCUT2D eigenvalue weighted by Gasteiger charge is -2.11. The molecule has 29 heavy (non-hydrogen) atoms. The highest BCUT2D eigenvalue weighted by Gasteiger charge is 2.15. The molecule has 3 aromatic rings. The number of anilines is 1. The molecule has 0 aliphatic carbocycles. The molecule has 0 atom stereocenters. The van der Waals surface area contributed by atoms with Gasteiger partial charge in [0.1, 0.15) is 5.76 Å². The Balaban J connectivity index is 1.56. The monoisotopic (exact) mass is 395 g/mol. The van der Waals surface area contributed by atoms with Gasteiger partial charge in [0.25, 0.3) is 11.8 Å². The summed E-state index contributed by atoms with van der Waals surface area (Å²) in [4.78, 5) is 36.4. The molecule has 0 radical (unpaired) electrons. The number of esters is 1. The average Bonchev–Trinajstić information content (AvgIpc) is 3.25. The molecule has 2 aromatic heterocycles. The molecule has 1 aromatic carbocycles. The van der Waals surface area contributed by atoms with Crippen LogP contribution in [-0.4, -0.2) is 24.4 Å². The number of para-hydroxylation sites is 1. The maximum absolute atomic E-state index is 12.4. The highest BCUT2D eigenvalue weighted by atomic mass is 16.5. The summed E-state index contributed by atoms with van der Waals surface area (Å²) in [5, 5.41) is 16.2. The van der Waals surface area contributed by atoms with Crippen molar-refractivity contribution >= 4 is 23.5 Å². The molecule has 0 bridgehead atoms. The van der Waals surface area contributed by atoms with Crippen molar-refractivity contribution in [2.45, 2.75) is 6.54 Å². The lowest BCUT2D eigenvalue weighted by Crippen LogP contribution is -2.27. The summed E-state index contributed by atoms with van der Waals surface area (Å²) < 4.78 is 10.6. The van der Waals surface area contributed by atoms with Gasteiger partial charge in [-0.3, -0.25) is 9.59 Å². The van der Waals surface area contributed by atoms with Gasteiger partial charge < -0.3 is 25.0 Å². The van der Waals surface area contributed by atoms with Gasteiger partial charge in [0.2, 0.25) is 0 Å². The van der Waals surface area contributed by atoms with E-state index in [9.17, 15) is 19.6 Å². The quantitative estimate of drug-likeness (QED) is 0.356. The summed E-state index contributed by atoms with van der Waals surface area (Å²) in [5.41, 5.74) is 0.669. The molecule has 0 unspecified atom stereocenters. The number of hydrogen-bond donors (Lipinski definition) is 2. The topological polar surface area (TPSA) is 125 Å². The van der Waals surface area contributed by atoms with Crippen molar-refractivity contribution in [2.24, 2.45) is 0 Å². The standard InChI is InChI=1S/C20H17N3O6/c24-18(13-29-20(26)14-7-9-23(27)10-8-14)22-17-6-2-1-5-16(17)19(25)21-12-15-4-3-11-28-15/h1-11H,12-13H2,(H,21,25)(H,22,24). The van der Waals surface area contributed by atoms with E-state index < -0.39 is 24.4 Å². The van der Waals surface area contributed by atoms with E-state index in [4.69, 9.17) is 9.15 Å². The Kier molecular flexibility index (Phi) is 6.21. The summed E-state index contributed by atoms with van der Waals surface area (Å²) >= 11 is 0. The first-order valence-electron chi connectivity index (χ1n) is 8.58. The van der Waals surface area contributed by atoms with Crippen LogP contribution in [-0.2, 0) is 16.1 Å². The van der Waals surface area contributed by atoms with E-state index >= 15 is 0 Å². The number of nitrogens with one attached hydrogen (secondary N) is 2. The molecule has 2 heterocycles. The minimum Gasteiger partial charge on any atom is -0.619 e. The zero-order valence-electron chi connectivity index (χ0n) is 15.2. The lowest BCUT2D eigenvalue weighted by molar-refractivity contribution is -0.605. The van der Waals surface area contributed by atoms with E-state index in [2.05, 4.69) is 10.6 Å². The van der Waals surface area contributed by atoms with E-state index in [1.807, 2.05) is 0 Å². The number of pyridine rings is 1. The lowest BCUT2D eigenvalue weighted by atomic mass is 10.1. The Hall–Kier alpha value is -4.14. The normalized spacial score (nSPS) is 10.2. The minimum atomic E-state index is -0.745. The van der Waals surface area contributed by atoms with Gasteiger partial charge in [-0.2, -0.15) is 4.73 Å². The molecule has 3 rings (SSSR count). The second-order valence-corrected chi connectivity index (χ2v) is 5.88. The van der Waals surface area contributed by atoms with Crippen molar-refractivity contribution in [1.29, 1.82) is 0 Å². The fourth-order valence-electron chi connectivity index (χ4n) is 2.42. The van der Waals surface area contributed by atoms with Crippen LogP contribution in [0.2, 0.25) is 0 Å². The maximum atomic E-state index is 12.4. The van der Waals surface area contributed by atoms with Gasteiger partial charge in [0.05, 0.1) is 29.6 Å². The highest BCUT2D eigenvalue weighted by molar-refractivity contribution is 6.04. The van der Waals surface area contributed by atoms with Crippen LogP contribution in [0.25, 0.3) is 0 Å². The molecule has 0 saturated carbocycles. The van der Waals surface area contributed by atoms with Crippen LogP contribution < -0.4 is 15.4 Å². The third-order valence-corrected chi connectivity index (χ3v) is 3.82. The molecule has 2 amide bonds. The number of carbonyl (C=O) groups excluding carboxylic acids is 3. The van der Waals surface area contributed by atoms with Crippen LogP contribution in [0.4, 0.5) is 5.69 Å². The van der Waals surface area contributed by atoms with Gasteiger partial charge in [-0.1, -0.05) is 12.1 Å². The molecule has 2 N–H and O–H groups in total. The number of hydrogen-bond acceptors (Lipinski definition) is 6. The fourth-order valence-corrected chi connectivity index (χ4v) is 2.42. The van der Waals surface area contributed by atoms with Gasteiger partial charge in [0.15, 0.2) is 19.0 Å². The number of carbonyl (C=O) groups is 3. The van der Waals surface area contributed by atoms with Gasteiger partial charge in [0, 0.05) is 12.1 Å². The summed E-state index contributed by atoms with van der Waals surface area (Å²) in [6, 6.07) is 12.4. The Morgan fingerprint density at radius 2 is 1.79 bits per heavy atom. The average molecular weight is 395 g/mol. The summed E-state index contributed by atoms with van der Waals surface area (Å²) in [5.74, 6) is -1.16. The molecule has 0 aliphatic heterocycles. The van der Waals surface area contributed by atoms with Gasteiger partial charge >= 0.3 is 5.97 Å². The Labute approximate surface area is 165 Å². The molecule has 9 heteroatoms. The van der Waals surface area contributed by atoms with E-state index in [-0.39, 0.29) is 23.4 Å². The molecular formula is C20H17N3O6. The molecule has 148 valence electrons. The largest absolute Gasteiger partial charge is 0.619 e. The summed E-state index contributed by atoms with van der Waals surface area (Å²) in [6.45, 7) is -0.348. The molecule has 0 fully saturated rings. The molecule has 0 saturated heterocycles. The van der Waals surface area contributed by atoms with Crippen molar-refractivity contribution < 1.29 is 28.3 Å². The smallest absolute Gasteiger partial charge is 0.339 e. The first kappa shape index (κ1) is 19.6. The van der Waals surface area contributed by atoms with Gasteiger partial charge in [-0.25, -0.2) is 4.79 Å². The van der Waals surface area contributed by atoms with E-state index in [1.54, 1.807) is 36.4 Å². The summed E-state index contributed by atoms with van der Waals surface area (Å²) in [7, 11) is 0. The van der Waals surface area contributed by atoms with Gasteiger partial charge in [-0.15, -0.1) is 0 Å². The number of benzene rings is 1. The number of rotatable bonds is 7. The maximum Gasteiger partial charge on any atom is 0.339 e. The molecule has 0 spiro atoms. The van der Waals surface area contributed by atoms with Crippen LogP contribution in [0.1, 0.15) is 26.5 Å². The molecular weight excluding hydrogens is 378 g/mol. The first-order chi connectivity index (χ1) is 14.0. The molecule has 9 nitrogen and oxygen atoms in total. The van der Waals surface area contributed by atoms with Crippen molar-refractivity contribution in [3.63, 3.8) is 0 Å². The van der Waals surface area contributed by atoms with Gasteiger partial charge in [-0.05, 0) is 24.3 Å². The molecule has 0 aliphatic rings. The van der Waals surface area contributed by atoms with Crippen molar-refractivity contribution in [2.75, 3.05) is 11.9 Å². The van der Waals surface area contributed by atoms with Crippen LogP contribution in [0.15, 0.2) is 71.6 Å². The van der Waals surface area contributed by atoms with Crippen molar-refractivity contribution in [1.82, 2.24) is 5.32 Å². The van der Waals surface area contributed by atoms with E-state index in [1.165, 1.54) is 18.4 Å². The second-order valence-electron chi connectivity index (χ2n) is 5.88. The number of furan rings is 1. The number of nitrogens with zero attached hydrogens (tertiary/aromatic N) is 1. The predicted molar refractivity (Wildman–Crippen MR) is 101 cm³/mol. The summed E-state index contributed by atoms with van der Waals surface area (Å²) in [6.07, 6.45) is 3.80. The van der Waals surface area contributed by atoms with Crippen LogP contribution in [0, 0.1) is 5.21 Å². The third-order valence-electron chi connectivity index (χ3n) is 3.82. The predicted octanol–water partition coefficient (Wildman–Crippen LogP) is 1.64. The number of aromatic nitrogens is 1. The zero-order valence-corrected chi connectivity index (χ0v) is 15.2. The minimum absolute atomic E-state index is 0.141. The zero-order chi connectivity index (χ0) is 20.6. The highest BCUT2D eigenvalue weighted by Crippen LogP contribution is 2.15. The Morgan fingerprint density at radius 1 is 1.03 bits per heavy atom. The SMILES string of the molecule is O=C(COC(=O)c1cc[n+]([O-])cc1)Nc1ccccc1C(=O)NCc1ccco1. The fraction of sp³-hybridized carbons (Fsp3) is 0.100. The number of ether oxygens (including phenoxy) is 1.